The summed E-state index contributed by atoms with van der Waals surface area (Å²) in [6.45, 7) is 2.25. The van der Waals surface area contributed by atoms with Crippen molar-refractivity contribution >= 4 is 17.3 Å². The molecule has 1 amide bonds. The van der Waals surface area contributed by atoms with E-state index in [4.69, 9.17) is 10.5 Å². The average Bonchev–Trinajstić information content (AvgIpc) is 2.45. The molecule has 0 spiro atoms. The lowest BCUT2D eigenvalue weighted by molar-refractivity contribution is -0.125. The monoisotopic (exact) mass is 268 g/mol. The number of nitrogens with zero attached hydrogens (tertiary/aromatic N) is 1. The molecule has 1 unspecified atom stereocenters. The van der Waals surface area contributed by atoms with Crippen LogP contribution in [0.3, 0.4) is 0 Å². The molecule has 0 saturated carbocycles. The van der Waals surface area contributed by atoms with Crippen LogP contribution >= 0.6 is 0 Å². The van der Waals surface area contributed by atoms with Gasteiger partial charge in [0.15, 0.2) is 6.10 Å². The highest BCUT2D eigenvalue weighted by atomic mass is 16.5. The van der Waals surface area contributed by atoms with Crippen molar-refractivity contribution in [2.75, 3.05) is 10.6 Å². The number of hydrogen-bond acceptors (Lipinski definition) is 3. The number of nitrogens with two attached hydrogens (primary N) is 1. The second-order valence-corrected chi connectivity index (χ2v) is 4.86. The molecule has 0 radical (unpaired) electrons. The largest absolute Gasteiger partial charge is 0.479 e. The first-order chi connectivity index (χ1) is 9.66. The van der Waals surface area contributed by atoms with Crippen molar-refractivity contribution < 1.29 is 9.53 Å². The zero-order valence-corrected chi connectivity index (χ0v) is 11.2. The predicted molar refractivity (Wildman–Crippen MR) is 78.6 cm³/mol. The Labute approximate surface area is 117 Å². The molecule has 0 aromatic heterocycles. The zero-order chi connectivity index (χ0) is 14.1. The highest BCUT2D eigenvalue weighted by molar-refractivity contribution is 6.02. The standard InChI is InChI=1S/C16H16N2O2/c1-11-16(19)18(10-12-6-3-2-4-7-12)15-13(17)8-5-9-14(15)20-11/h2-9,11H,10,17H2,1H3. The second kappa shape index (κ2) is 4.89. The van der Waals surface area contributed by atoms with Crippen molar-refractivity contribution in [1.82, 2.24) is 0 Å². The molecule has 2 aromatic rings. The SMILES string of the molecule is CC1Oc2cccc(N)c2N(Cc2ccccc2)C1=O. The van der Waals surface area contributed by atoms with Gasteiger partial charge in [-0.3, -0.25) is 9.69 Å². The fourth-order valence-corrected chi connectivity index (χ4v) is 2.42. The number of amides is 1. The lowest BCUT2D eigenvalue weighted by atomic mass is 10.1. The topological polar surface area (TPSA) is 55.6 Å². The quantitative estimate of drug-likeness (QED) is 0.852. The molecule has 0 fully saturated rings. The normalized spacial score (nSPS) is 17.6. The molecule has 1 aliphatic rings. The van der Waals surface area contributed by atoms with E-state index in [-0.39, 0.29) is 5.91 Å². The van der Waals surface area contributed by atoms with Crippen molar-refractivity contribution in [2.24, 2.45) is 0 Å². The Morgan fingerprint density at radius 3 is 2.65 bits per heavy atom. The molecule has 102 valence electrons. The van der Waals surface area contributed by atoms with Crippen LogP contribution in [-0.2, 0) is 11.3 Å². The molecular weight excluding hydrogens is 252 g/mol. The summed E-state index contributed by atoms with van der Waals surface area (Å²) < 4.78 is 5.62. The number of fused-ring (bicyclic) bond motifs is 1. The Kier molecular flexibility index (Phi) is 3.06. The molecule has 1 aliphatic heterocycles. The summed E-state index contributed by atoms with van der Waals surface area (Å²) in [5.74, 6) is 0.590. The summed E-state index contributed by atoms with van der Waals surface area (Å²) in [7, 11) is 0. The Balaban J connectivity index is 2.03. The zero-order valence-electron chi connectivity index (χ0n) is 11.2. The van der Waals surface area contributed by atoms with Crippen LogP contribution in [0.4, 0.5) is 11.4 Å². The van der Waals surface area contributed by atoms with Crippen molar-refractivity contribution in [2.45, 2.75) is 19.6 Å². The van der Waals surface area contributed by atoms with E-state index in [1.54, 1.807) is 17.9 Å². The molecule has 1 atom stereocenters. The van der Waals surface area contributed by atoms with E-state index in [1.807, 2.05) is 42.5 Å². The predicted octanol–water partition coefficient (Wildman–Crippen LogP) is 2.58. The van der Waals surface area contributed by atoms with Gasteiger partial charge in [-0.05, 0) is 24.6 Å². The van der Waals surface area contributed by atoms with Crippen LogP contribution in [0.5, 0.6) is 5.75 Å². The van der Waals surface area contributed by atoms with Gasteiger partial charge in [0.1, 0.15) is 11.4 Å². The highest BCUT2D eigenvalue weighted by Gasteiger charge is 2.32. The number of carbonyl (C=O) groups is 1. The first-order valence-corrected chi connectivity index (χ1v) is 6.57. The summed E-state index contributed by atoms with van der Waals surface area (Å²) in [6.07, 6.45) is -0.493. The summed E-state index contributed by atoms with van der Waals surface area (Å²) >= 11 is 0. The van der Waals surface area contributed by atoms with E-state index < -0.39 is 6.10 Å². The number of benzene rings is 2. The Hall–Kier alpha value is -2.49. The molecule has 2 aromatic carbocycles. The van der Waals surface area contributed by atoms with Crippen LogP contribution in [0.15, 0.2) is 48.5 Å². The molecular formula is C16H16N2O2. The summed E-state index contributed by atoms with van der Waals surface area (Å²) in [5, 5.41) is 0. The first-order valence-electron chi connectivity index (χ1n) is 6.57. The van der Waals surface area contributed by atoms with Gasteiger partial charge in [0, 0.05) is 0 Å². The first kappa shape index (κ1) is 12.5. The number of nitrogen functional groups attached to an aromatic ring is 1. The van der Waals surface area contributed by atoms with Gasteiger partial charge in [0.25, 0.3) is 5.91 Å². The number of para-hydroxylation sites is 1. The third kappa shape index (κ3) is 2.09. The fourth-order valence-electron chi connectivity index (χ4n) is 2.42. The molecule has 3 rings (SSSR count). The molecule has 0 aliphatic carbocycles. The lowest BCUT2D eigenvalue weighted by Gasteiger charge is -2.33. The smallest absolute Gasteiger partial charge is 0.268 e. The minimum Gasteiger partial charge on any atom is -0.479 e. The van der Waals surface area contributed by atoms with Gasteiger partial charge in [0.2, 0.25) is 0 Å². The van der Waals surface area contributed by atoms with Crippen LogP contribution in [0, 0.1) is 0 Å². The highest BCUT2D eigenvalue weighted by Crippen LogP contribution is 2.39. The molecule has 0 bridgehead atoms. The molecule has 0 saturated heterocycles. The maximum atomic E-state index is 12.4. The summed E-state index contributed by atoms with van der Waals surface area (Å²) in [5.41, 5.74) is 8.30. The summed E-state index contributed by atoms with van der Waals surface area (Å²) in [6, 6.07) is 15.3. The van der Waals surface area contributed by atoms with Gasteiger partial charge in [0.05, 0.1) is 12.2 Å². The third-order valence-corrected chi connectivity index (χ3v) is 3.40. The van der Waals surface area contributed by atoms with Gasteiger partial charge >= 0.3 is 0 Å². The Morgan fingerprint density at radius 2 is 1.90 bits per heavy atom. The van der Waals surface area contributed by atoms with Crippen LogP contribution < -0.4 is 15.4 Å². The van der Waals surface area contributed by atoms with Crippen LogP contribution in [0.1, 0.15) is 12.5 Å². The van der Waals surface area contributed by atoms with E-state index in [9.17, 15) is 4.79 Å². The average molecular weight is 268 g/mol. The molecule has 20 heavy (non-hydrogen) atoms. The molecule has 4 nitrogen and oxygen atoms in total. The van der Waals surface area contributed by atoms with Crippen molar-refractivity contribution in [1.29, 1.82) is 0 Å². The van der Waals surface area contributed by atoms with E-state index in [1.165, 1.54) is 0 Å². The van der Waals surface area contributed by atoms with Gasteiger partial charge in [-0.2, -0.15) is 0 Å². The summed E-state index contributed by atoms with van der Waals surface area (Å²) in [4.78, 5) is 14.1. The number of hydrogen-bond donors (Lipinski definition) is 1. The number of carbonyl (C=O) groups excluding carboxylic acids is 1. The number of anilines is 2. The van der Waals surface area contributed by atoms with Crippen molar-refractivity contribution in [3.8, 4) is 5.75 Å². The van der Waals surface area contributed by atoms with Crippen LogP contribution in [-0.4, -0.2) is 12.0 Å². The lowest BCUT2D eigenvalue weighted by Crippen LogP contribution is -2.44. The fraction of sp³-hybridized carbons (Fsp3) is 0.188. The maximum absolute atomic E-state index is 12.4. The van der Waals surface area contributed by atoms with Gasteiger partial charge in [-0.1, -0.05) is 36.4 Å². The van der Waals surface area contributed by atoms with Crippen molar-refractivity contribution in [3.05, 3.63) is 54.1 Å². The molecule has 4 heteroatoms. The van der Waals surface area contributed by atoms with Gasteiger partial charge in [-0.15, -0.1) is 0 Å². The number of ether oxygens (including phenoxy) is 1. The Morgan fingerprint density at radius 1 is 1.15 bits per heavy atom. The van der Waals surface area contributed by atoms with Crippen LogP contribution in [0.25, 0.3) is 0 Å². The van der Waals surface area contributed by atoms with E-state index >= 15 is 0 Å². The third-order valence-electron chi connectivity index (χ3n) is 3.40. The van der Waals surface area contributed by atoms with Crippen LogP contribution in [0.2, 0.25) is 0 Å². The molecule has 2 N–H and O–H groups in total. The van der Waals surface area contributed by atoms with Crippen molar-refractivity contribution in [3.63, 3.8) is 0 Å². The van der Waals surface area contributed by atoms with Gasteiger partial charge < -0.3 is 10.5 Å². The Bertz CT molecular complexity index is 640. The second-order valence-electron chi connectivity index (χ2n) is 4.86. The number of rotatable bonds is 2. The minimum absolute atomic E-state index is 0.0701. The maximum Gasteiger partial charge on any atom is 0.268 e. The van der Waals surface area contributed by atoms with Gasteiger partial charge in [-0.25, -0.2) is 0 Å². The van der Waals surface area contributed by atoms with E-state index in [0.717, 1.165) is 5.56 Å². The van der Waals surface area contributed by atoms with E-state index in [2.05, 4.69) is 0 Å². The molecule has 1 heterocycles. The minimum atomic E-state index is -0.493. The van der Waals surface area contributed by atoms with E-state index in [0.29, 0.717) is 23.7 Å².